The van der Waals surface area contributed by atoms with Gasteiger partial charge in [0.25, 0.3) is 0 Å². The Labute approximate surface area is 68.7 Å². The van der Waals surface area contributed by atoms with Crippen LogP contribution in [0, 0.1) is 0 Å². The molecular weight excluding hydrogens is 150 g/mol. The smallest absolute Gasteiger partial charge is 0.0671 e. The molecule has 1 fully saturated rings. The van der Waals surface area contributed by atoms with E-state index in [1.54, 1.807) is 0 Å². The average molecular weight is 166 g/mol. The highest BCUT2D eigenvalue weighted by atomic mass is 35.5. The first-order chi connectivity index (χ1) is 4.29. The molecule has 62 valence electrons. The highest BCUT2D eigenvalue weighted by Gasteiger charge is 2.10. The molecule has 0 aromatic heterocycles. The van der Waals surface area contributed by atoms with Crippen molar-refractivity contribution in [2.45, 2.75) is 32.4 Å². The van der Waals surface area contributed by atoms with Crippen molar-refractivity contribution >= 4 is 12.4 Å². The highest BCUT2D eigenvalue weighted by Crippen LogP contribution is 2.00. The Morgan fingerprint density at radius 1 is 1.40 bits per heavy atom. The van der Waals surface area contributed by atoms with E-state index < -0.39 is 0 Å². The average Bonchev–Trinajstić information content (AvgIpc) is 1.97. The molecule has 1 rings (SSSR count). The van der Waals surface area contributed by atoms with Crippen LogP contribution in [0.15, 0.2) is 0 Å². The molecule has 1 saturated heterocycles. The SMILES string of the molecule is C[C@@H]1CCO[C@H](C)CN1.Cl. The minimum atomic E-state index is 0. The Morgan fingerprint density at radius 2 is 2.10 bits per heavy atom. The zero-order chi connectivity index (χ0) is 6.69. The van der Waals surface area contributed by atoms with Crippen molar-refractivity contribution in [3.05, 3.63) is 0 Å². The van der Waals surface area contributed by atoms with E-state index >= 15 is 0 Å². The van der Waals surface area contributed by atoms with Gasteiger partial charge in [-0.15, -0.1) is 12.4 Å². The summed E-state index contributed by atoms with van der Waals surface area (Å²) in [5.41, 5.74) is 0. The fraction of sp³-hybridized carbons (Fsp3) is 1.00. The Kier molecular flexibility index (Phi) is 5.04. The number of ether oxygens (including phenoxy) is 1. The van der Waals surface area contributed by atoms with Gasteiger partial charge in [0, 0.05) is 19.2 Å². The summed E-state index contributed by atoms with van der Waals surface area (Å²) in [4.78, 5) is 0. The first kappa shape index (κ1) is 10.2. The normalized spacial score (nSPS) is 34.2. The summed E-state index contributed by atoms with van der Waals surface area (Å²) in [6.07, 6.45) is 1.54. The van der Waals surface area contributed by atoms with E-state index in [1.807, 2.05) is 0 Å². The number of hydrogen-bond acceptors (Lipinski definition) is 2. The third-order valence-electron chi connectivity index (χ3n) is 1.71. The Hall–Kier alpha value is 0.210. The first-order valence-corrected chi connectivity index (χ1v) is 3.64. The summed E-state index contributed by atoms with van der Waals surface area (Å²) in [6.45, 7) is 6.21. The van der Waals surface area contributed by atoms with Crippen molar-refractivity contribution < 1.29 is 4.74 Å². The summed E-state index contributed by atoms with van der Waals surface area (Å²) in [5, 5.41) is 3.37. The van der Waals surface area contributed by atoms with Crippen LogP contribution in [-0.4, -0.2) is 25.3 Å². The molecular formula is C7H16ClNO. The van der Waals surface area contributed by atoms with Gasteiger partial charge in [-0.2, -0.15) is 0 Å². The fourth-order valence-corrected chi connectivity index (χ4v) is 0.974. The summed E-state index contributed by atoms with van der Waals surface area (Å²) in [5.74, 6) is 0. The molecule has 1 aliphatic heterocycles. The third kappa shape index (κ3) is 3.40. The van der Waals surface area contributed by atoms with Crippen LogP contribution in [0.4, 0.5) is 0 Å². The molecule has 0 spiro atoms. The van der Waals surface area contributed by atoms with Crippen molar-refractivity contribution in [2.24, 2.45) is 0 Å². The minimum Gasteiger partial charge on any atom is -0.377 e. The molecule has 10 heavy (non-hydrogen) atoms. The van der Waals surface area contributed by atoms with Gasteiger partial charge in [-0.25, -0.2) is 0 Å². The van der Waals surface area contributed by atoms with Crippen molar-refractivity contribution in [1.82, 2.24) is 5.32 Å². The van der Waals surface area contributed by atoms with Gasteiger partial charge in [-0.3, -0.25) is 0 Å². The predicted molar refractivity (Wildman–Crippen MR) is 44.7 cm³/mol. The van der Waals surface area contributed by atoms with Crippen molar-refractivity contribution in [1.29, 1.82) is 0 Å². The molecule has 2 atom stereocenters. The maximum atomic E-state index is 5.41. The van der Waals surface area contributed by atoms with Crippen LogP contribution in [0.1, 0.15) is 20.3 Å². The van der Waals surface area contributed by atoms with Gasteiger partial charge < -0.3 is 10.1 Å². The van der Waals surface area contributed by atoms with Crippen LogP contribution >= 0.6 is 12.4 Å². The fourth-order valence-electron chi connectivity index (χ4n) is 0.974. The molecule has 1 heterocycles. The van der Waals surface area contributed by atoms with E-state index in [1.165, 1.54) is 0 Å². The Balaban J connectivity index is 0.000000810. The van der Waals surface area contributed by atoms with Gasteiger partial charge in [-0.05, 0) is 20.3 Å². The summed E-state index contributed by atoms with van der Waals surface area (Å²) >= 11 is 0. The van der Waals surface area contributed by atoms with Crippen LogP contribution in [0.2, 0.25) is 0 Å². The first-order valence-electron chi connectivity index (χ1n) is 3.64. The van der Waals surface area contributed by atoms with Gasteiger partial charge in [0.15, 0.2) is 0 Å². The standard InChI is InChI=1S/C7H15NO.ClH/c1-6-3-4-9-7(2)5-8-6;/h6-8H,3-5H2,1-2H3;1H/t6-,7-;/m1./s1. The summed E-state index contributed by atoms with van der Waals surface area (Å²) in [7, 11) is 0. The molecule has 1 aliphatic rings. The third-order valence-corrected chi connectivity index (χ3v) is 1.71. The van der Waals surface area contributed by atoms with Crippen LogP contribution < -0.4 is 5.32 Å². The lowest BCUT2D eigenvalue weighted by Gasteiger charge is -2.08. The molecule has 0 aromatic rings. The van der Waals surface area contributed by atoms with Gasteiger partial charge >= 0.3 is 0 Å². The molecule has 0 aromatic carbocycles. The monoisotopic (exact) mass is 165 g/mol. The molecule has 0 amide bonds. The molecule has 0 aliphatic carbocycles. The van der Waals surface area contributed by atoms with E-state index in [9.17, 15) is 0 Å². The lowest BCUT2D eigenvalue weighted by molar-refractivity contribution is 0.0799. The second kappa shape index (κ2) is 4.94. The van der Waals surface area contributed by atoms with E-state index in [4.69, 9.17) is 4.74 Å². The van der Waals surface area contributed by atoms with Crippen LogP contribution in [-0.2, 0) is 4.74 Å². The lowest BCUT2D eigenvalue weighted by Crippen LogP contribution is -2.29. The van der Waals surface area contributed by atoms with Gasteiger partial charge in [0.1, 0.15) is 0 Å². The van der Waals surface area contributed by atoms with E-state index in [0.29, 0.717) is 12.1 Å². The second-order valence-corrected chi connectivity index (χ2v) is 2.78. The summed E-state index contributed by atoms with van der Waals surface area (Å²) in [6, 6.07) is 0.634. The molecule has 0 unspecified atom stereocenters. The number of hydrogen-bond donors (Lipinski definition) is 1. The van der Waals surface area contributed by atoms with Crippen molar-refractivity contribution in [3.63, 3.8) is 0 Å². The molecule has 1 N–H and O–H groups in total. The molecule has 0 saturated carbocycles. The predicted octanol–water partition coefficient (Wildman–Crippen LogP) is 1.20. The number of rotatable bonds is 0. The molecule has 0 radical (unpaired) electrons. The quantitative estimate of drug-likeness (QED) is 0.583. The maximum absolute atomic E-state index is 5.41. The van der Waals surface area contributed by atoms with Gasteiger partial charge in [-0.1, -0.05) is 0 Å². The zero-order valence-corrected chi connectivity index (χ0v) is 7.41. The van der Waals surface area contributed by atoms with E-state index in [-0.39, 0.29) is 12.4 Å². The van der Waals surface area contributed by atoms with E-state index in [2.05, 4.69) is 19.2 Å². The van der Waals surface area contributed by atoms with Gasteiger partial charge in [0.05, 0.1) is 6.10 Å². The van der Waals surface area contributed by atoms with Crippen LogP contribution in [0.5, 0.6) is 0 Å². The lowest BCUT2D eigenvalue weighted by atomic mass is 10.2. The second-order valence-electron chi connectivity index (χ2n) is 2.78. The molecule has 3 heteroatoms. The zero-order valence-electron chi connectivity index (χ0n) is 6.59. The largest absolute Gasteiger partial charge is 0.377 e. The summed E-state index contributed by atoms with van der Waals surface area (Å²) < 4.78 is 5.41. The maximum Gasteiger partial charge on any atom is 0.0671 e. The van der Waals surface area contributed by atoms with Crippen LogP contribution in [0.3, 0.4) is 0 Å². The Morgan fingerprint density at radius 3 is 2.80 bits per heavy atom. The molecule has 2 nitrogen and oxygen atoms in total. The van der Waals surface area contributed by atoms with Crippen LogP contribution in [0.25, 0.3) is 0 Å². The number of halogens is 1. The topological polar surface area (TPSA) is 21.3 Å². The van der Waals surface area contributed by atoms with E-state index in [0.717, 1.165) is 19.6 Å². The van der Waals surface area contributed by atoms with Crippen molar-refractivity contribution in [3.8, 4) is 0 Å². The Bertz CT molecular complexity index is 79.7. The molecule has 0 bridgehead atoms. The highest BCUT2D eigenvalue weighted by molar-refractivity contribution is 5.85. The van der Waals surface area contributed by atoms with Crippen molar-refractivity contribution in [2.75, 3.05) is 13.2 Å². The van der Waals surface area contributed by atoms with Gasteiger partial charge in [0.2, 0.25) is 0 Å². The number of nitrogens with one attached hydrogen (secondary N) is 1. The minimum absolute atomic E-state index is 0.